The Morgan fingerprint density at radius 1 is 1.00 bits per heavy atom. The maximum absolute atomic E-state index is 13.3. The molecular formula is C21H21FN2O3. The van der Waals surface area contributed by atoms with Crippen LogP contribution in [-0.4, -0.2) is 35.6 Å². The van der Waals surface area contributed by atoms with Gasteiger partial charge < -0.3 is 10.2 Å². The molecule has 1 heterocycles. The highest BCUT2D eigenvalue weighted by atomic mass is 19.1. The molecule has 1 aliphatic heterocycles. The SMILES string of the molecule is CC(=O)c1ccc(NC(=O)C2CCN(C(=O)c3cccc(F)c3)CC2)cc1. The summed E-state index contributed by atoms with van der Waals surface area (Å²) in [6, 6.07) is 12.4. The number of rotatable bonds is 4. The first-order valence-electron chi connectivity index (χ1n) is 8.91. The molecule has 2 aromatic carbocycles. The summed E-state index contributed by atoms with van der Waals surface area (Å²) in [5, 5.41) is 2.86. The summed E-state index contributed by atoms with van der Waals surface area (Å²) < 4.78 is 13.3. The Kier molecular flexibility index (Phi) is 5.64. The van der Waals surface area contributed by atoms with E-state index in [1.165, 1.54) is 25.1 Å². The number of piperidine rings is 1. The van der Waals surface area contributed by atoms with Crippen LogP contribution in [0, 0.1) is 11.7 Å². The second-order valence-corrected chi connectivity index (χ2v) is 6.70. The maximum atomic E-state index is 13.3. The first kappa shape index (κ1) is 18.8. The van der Waals surface area contributed by atoms with E-state index in [4.69, 9.17) is 0 Å². The minimum atomic E-state index is -0.439. The van der Waals surface area contributed by atoms with Crippen LogP contribution in [0.25, 0.3) is 0 Å². The largest absolute Gasteiger partial charge is 0.339 e. The fourth-order valence-electron chi connectivity index (χ4n) is 3.18. The predicted octanol–water partition coefficient (Wildman–Crippen LogP) is 3.52. The Hall–Kier alpha value is -3.02. The molecule has 0 aliphatic carbocycles. The van der Waals surface area contributed by atoms with E-state index in [-0.39, 0.29) is 23.5 Å². The van der Waals surface area contributed by atoms with Gasteiger partial charge in [0.25, 0.3) is 5.91 Å². The van der Waals surface area contributed by atoms with Crippen molar-refractivity contribution in [3.8, 4) is 0 Å². The van der Waals surface area contributed by atoms with E-state index < -0.39 is 5.82 Å². The lowest BCUT2D eigenvalue weighted by Gasteiger charge is -2.31. The Balaban J connectivity index is 1.54. The van der Waals surface area contributed by atoms with Crippen molar-refractivity contribution in [3.63, 3.8) is 0 Å². The number of benzene rings is 2. The molecule has 0 unspecified atom stereocenters. The van der Waals surface area contributed by atoms with Crippen molar-refractivity contribution in [3.05, 3.63) is 65.5 Å². The number of likely N-dealkylation sites (tertiary alicyclic amines) is 1. The van der Waals surface area contributed by atoms with Crippen LogP contribution in [-0.2, 0) is 4.79 Å². The zero-order chi connectivity index (χ0) is 19.4. The standard InChI is InChI=1S/C21H21FN2O3/c1-14(25)15-5-7-19(8-6-15)23-20(26)16-9-11-24(12-10-16)21(27)17-3-2-4-18(22)13-17/h2-8,13,16H,9-12H2,1H3,(H,23,26). The van der Waals surface area contributed by atoms with Crippen LogP contribution in [0.5, 0.6) is 0 Å². The number of Topliss-reactive ketones (excluding diaryl/α,β-unsaturated/α-hetero) is 1. The number of hydrogen-bond donors (Lipinski definition) is 1. The Morgan fingerprint density at radius 2 is 1.67 bits per heavy atom. The Labute approximate surface area is 157 Å². The number of nitrogens with zero attached hydrogens (tertiary/aromatic N) is 1. The highest BCUT2D eigenvalue weighted by Gasteiger charge is 2.28. The molecule has 6 heteroatoms. The number of carbonyl (C=O) groups excluding carboxylic acids is 3. The first-order valence-corrected chi connectivity index (χ1v) is 8.91. The summed E-state index contributed by atoms with van der Waals surface area (Å²) in [4.78, 5) is 37.8. The van der Waals surface area contributed by atoms with E-state index in [1.807, 2.05) is 0 Å². The molecule has 0 bridgehead atoms. The van der Waals surface area contributed by atoms with E-state index in [2.05, 4.69) is 5.32 Å². The second-order valence-electron chi connectivity index (χ2n) is 6.70. The maximum Gasteiger partial charge on any atom is 0.253 e. The van der Waals surface area contributed by atoms with E-state index >= 15 is 0 Å². The zero-order valence-electron chi connectivity index (χ0n) is 15.1. The minimum Gasteiger partial charge on any atom is -0.339 e. The van der Waals surface area contributed by atoms with Gasteiger partial charge >= 0.3 is 0 Å². The molecule has 1 aliphatic rings. The number of amides is 2. The third-order valence-corrected chi connectivity index (χ3v) is 4.78. The Bertz CT molecular complexity index is 856. The number of halogens is 1. The van der Waals surface area contributed by atoms with Crippen molar-refractivity contribution < 1.29 is 18.8 Å². The molecule has 0 saturated carbocycles. The molecule has 0 spiro atoms. The summed E-state index contributed by atoms with van der Waals surface area (Å²) in [5.74, 6) is -0.959. The van der Waals surface area contributed by atoms with Crippen molar-refractivity contribution in [1.82, 2.24) is 4.90 Å². The molecule has 1 N–H and O–H groups in total. The monoisotopic (exact) mass is 368 g/mol. The van der Waals surface area contributed by atoms with E-state index in [1.54, 1.807) is 35.2 Å². The second kappa shape index (κ2) is 8.12. The van der Waals surface area contributed by atoms with Gasteiger partial charge in [-0.25, -0.2) is 4.39 Å². The number of carbonyl (C=O) groups is 3. The van der Waals surface area contributed by atoms with Crippen molar-refractivity contribution in [1.29, 1.82) is 0 Å². The third-order valence-electron chi connectivity index (χ3n) is 4.78. The van der Waals surface area contributed by atoms with Crippen LogP contribution < -0.4 is 5.32 Å². The molecule has 2 amide bonds. The minimum absolute atomic E-state index is 0.0248. The molecule has 2 aromatic rings. The van der Waals surface area contributed by atoms with Crippen molar-refractivity contribution >= 4 is 23.3 Å². The molecule has 1 saturated heterocycles. The van der Waals surface area contributed by atoms with Crippen LogP contribution in [0.15, 0.2) is 48.5 Å². The molecule has 1 fully saturated rings. The van der Waals surface area contributed by atoms with Crippen LogP contribution in [0.1, 0.15) is 40.5 Å². The lowest BCUT2D eigenvalue weighted by Crippen LogP contribution is -2.41. The van der Waals surface area contributed by atoms with E-state index in [0.717, 1.165) is 0 Å². The number of ketones is 1. The van der Waals surface area contributed by atoms with Gasteiger partial charge in [0.15, 0.2) is 5.78 Å². The van der Waals surface area contributed by atoms with Gasteiger partial charge in [-0.1, -0.05) is 6.07 Å². The van der Waals surface area contributed by atoms with Crippen LogP contribution in [0.3, 0.4) is 0 Å². The lowest BCUT2D eigenvalue weighted by molar-refractivity contribution is -0.121. The highest BCUT2D eigenvalue weighted by molar-refractivity contribution is 5.97. The summed E-state index contributed by atoms with van der Waals surface area (Å²) in [7, 11) is 0. The van der Waals surface area contributed by atoms with Gasteiger partial charge in [0.2, 0.25) is 5.91 Å². The smallest absolute Gasteiger partial charge is 0.253 e. The van der Waals surface area contributed by atoms with Crippen LogP contribution in [0.4, 0.5) is 10.1 Å². The highest BCUT2D eigenvalue weighted by Crippen LogP contribution is 2.21. The normalized spacial score (nSPS) is 14.7. The molecular weight excluding hydrogens is 347 g/mol. The van der Waals surface area contributed by atoms with Gasteiger partial charge in [-0.15, -0.1) is 0 Å². The van der Waals surface area contributed by atoms with Gasteiger partial charge in [0.1, 0.15) is 5.82 Å². The van der Waals surface area contributed by atoms with Gasteiger partial charge in [0, 0.05) is 35.8 Å². The van der Waals surface area contributed by atoms with Gasteiger partial charge in [0.05, 0.1) is 0 Å². The summed E-state index contributed by atoms with van der Waals surface area (Å²) >= 11 is 0. The van der Waals surface area contributed by atoms with E-state index in [0.29, 0.717) is 42.7 Å². The quantitative estimate of drug-likeness (QED) is 0.840. The molecule has 3 rings (SSSR count). The number of hydrogen-bond acceptors (Lipinski definition) is 3. The lowest BCUT2D eigenvalue weighted by atomic mass is 9.95. The predicted molar refractivity (Wildman–Crippen MR) is 100 cm³/mol. The van der Waals surface area contributed by atoms with Crippen LogP contribution in [0.2, 0.25) is 0 Å². The molecule has 140 valence electrons. The molecule has 0 aromatic heterocycles. The number of anilines is 1. The van der Waals surface area contributed by atoms with Gasteiger partial charge in [-0.05, 0) is 62.2 Å². The topological polar surface area (TPSA) is 66.5 Å². The zero-order valence-corrected chi connectivity index (χ0v) is 15.1. The molecule has 27 heavy (non-hydrogen) atoms. The fourth-order valence-corrected chi connectivity index (χ4v) is 3.18. The molecule has 0 atom stereocenters. The summed E-state index contributed by atoms with van der Waals surface area (Å²) in [6.45, 7) is 2.40. The summed E-state index contributed by atoms with van der Waals surface area (Å²) in [6.07, 6.45) is 1.11. The van der Waals surface area contributed by atoms with E-state index in [9.17, 15) is 18.8 Å². The van der Waals surface area contributed by atoms with Crippen molar-refractivity contribution in [2.45, 2.75) is 19.8 Å². The Morgan fingerprint density at radius 3 is 2.26 bits per heavy atom. The molecule has 5 nitrogen and oxygen atoms in total. The average molecular weight is 368 g/mol. The third kappa shape index (κ3) is 4.58. The van der Waals surface area contributed by atoms with Crippen molar-refractivity contribution in [2.75, 3.05) is 18.4 Å². The summed E-state index contributed by atoms with van der Waals surface area (Å²) in [5.41, 5.74) is 1.56. The average Bonchev–Trinajstić information content (AvgIpc) is 2.68. The van der Waals surface area contributed by atoms with Crippen LogP contribution >= 0.6 is 0 Å². The fraction of sp³-hybridized carbons (Fsp3) is 0.286. The number of nitrogens with one attached hydrogen (secondary N) is 1. The first-order chi connectivity index (χ1) is 12.9. The van der Waals surface area contributed by atoms with Crippen molar-refractivity contribution in [2.24, 2.45) is 5.92 Å². The van der Waals surface area contributed by atoms with Gasteiger partial charge in [-0.3, -0.25) is 14.4 Å². The van der Waals surface area contributed by atoms with Gasteiger partial charge in [-0.2, -0.15) is 0 Å². The molecule has 0 radical (unpaired) electrons.